The van der Waals surface area contributed by atoms with E-state index in [9.17, 15) is 18.0 Å². The highest BCUT2D eigenvalue weighted by Crippen LogP contribution is 2.32. The quantitative estimate of drug-likeness (QED) is 0.267. The van der Waals surface area contributed by atoms with Gasteiger partial charge in [-0.25, -0.2) is 18.2 Å². The van der Waals surface area contributed by atoms with Gasteiger partial charge >= 0.3 is 5.63 Å². The summed E-state index contributed by atoms with van der Waals surface area (Å²) in [7, 11) is -2.81. The molecule has 0 aliphatic carbocycles. The van der Waals surface area contributed by atoms with E-state index in [-0.39, 0.29) is 27.8 Å². The molecule has 5 rings (SSSR count). The van der Waals surface area contributed by atoms with E-state index in [2.05, 4.69) is 20.0 Å². The van der Waals surface area contributed by atoms with E-state index < -0.39 is 21.6 Å². The summed E-state index contributed by atoms with van der Waals surface area (Å²) in [6, 6.07) is 17.9. The Hall–Kier alpha value is -4.77. The van der Waals surface area contributed by atoms with Crippen LogP contribution in [0.3, 0.4) is 0 Å². The fraction of sp³-hybridized carbons (Fsp3) is 0.0400. The molecule has 11 heteroatoms. The summed E-state index contributed by atoms with van der Waals surface area (Å²) < 4.78 is 39.4. The van der Waals surface area contributed by atoms with Gasteiger partial charge in [-0.3, -0.25) is 4.79 Å². The molecule has 0 saturated heterocycles. The third-order valence-corrected chi connectivity index (χ3v) is 6.62. The predicted octanol–water partition coefficient (Wildman–Crippen LogP) is 4.39. The zero-order chi connectivity index (χ0) is 25.3. The molecule has 36 heavy (non-hydrogen) atoms. The summed E-state index contributed by atoms with van der Waals surface area (Å²) in [6.45, 7) is 0. The average molecular weight is 502 g/mol. The number of anilines is 1. The summed E-state index contributed by atoms with van der Waals surface area (Å²) in [5.74, 6) is -0.914. The molecular weight excluding hydrogens is 484 g/mol. The molecule has 0 fully saturated rings. The molecule has 10 nitrogen and oxygen atoms in total. The lowest BCUT2D eigenvalue weighted by Gasteiger charge is -2.17. The maximum absolute atomic E-state index is 12.9. The van der Waals surface area contributed by atoms with Crippen LogP contribution in [-0.4, -0.2) is 31.4 Å². The minimum atomic E-state index is -4.13. The Morgan fingerprint density at radius 3 is 2.50 bits per heavy atom. The largest absolute Gasteiger partial charge is 0.481 e. The number of hydrogen-bond donors (Lipinski definition) is 1. The van der Waals surface area contributed by atoms with Crippen molar-refractivity contribution in [3.05, 3.63) is 99.8 Å². The van der Waals surface area contributed by atoms with Crippen molar-refractivity contribution in [3.8, 4) is 5.88 Å². The SMILES string of the molecule is COc1nccnc1[N-]S(=O)(=O)c1ccc(NC(=O)c2cc3c(ccc4ccccc43)oc2=O)cc1. The van der Waals surface area contributed by atoms with Gasteiger partial charge in [-0.2, -0.15) is 0 Å². The van der Waals surface area contributed by atoms with E-state index in [1.165, 1.54) is 49.8 Å². The number of hydrogen-bond acceptors (Lipinski definition) is 8. The van der Waals surface area contributed by atoms with Gasteiger partial charge in [-0.1, -0.05) is 36.5 Å². The van der Waals surface area contributed by atoms with Crippen molar-refractivity contribution < 1.29 is 22.4 Å². The number of carbonyl (C=O) groups excluding carboxylic acids is 1. The first-order valence-corrected chi connectivity index (χ1v) is 12.0. The highest BCUT2D eigenvalue weighted by atomic mass is 32.2. The number of ether oxygens (including phenoxy) is 1. The molecule has 0 aliphatic rings. The molecule has 0 unspecified atom stereocenters. The zero-order valence-corrected chi connectivity index (χ0v) is 19.5. The average Bonchev–Trinajstić information content (AvgIpc) is 2.88. The second kappa shape index (κ2) is 9.12. The molecule has 180 valence electrons. The minimum absolute atomic E-state index is 0.0352. The Morgan fingerprint density at radius 2 is 1.72 bits per heavy atom. The van der Waals surface area contributed by atoms with Crippen LogP contribution in [-0.2, 0) is 10.0 Å². The predicted molar refractivity (Wildman–Crippen MR) is 133 cm³/mol. The first-order valence-electron chi connectivity index (χ1n) is 10.6. The molecule has 1 amide bonds. The molecular formula is C25H17N4O6S-. The van der Waals surface area contributed by atoms with Gasteiger partial charge in [0.2, 0.25) is 15.9 Å². The van der Waals surface area contributed by atoms with Crippen LogP contribution in [0.2, 0.25) is 0 Å². The van der Waals surface area contributed by atoms with Gasteiger partial charge < -0.3 is 24.2 Å². The summed E-state index contributed by atoms with van der Waals surface area (Å²) in [5.41, 5.74) is -0.326. The van der Waals surface area contributed by atoms with Crippen LogP contribution in [0.15, 0.2) is 93.2 Å². The van der Waals surface area contributed by atoms with E-state index in [0.717, 1.165) is 10.8 Å². The first kappa shape index (κ1) is 23.0. The highest BCUT2D eigenvalue weighted by molar-refractivity contribution is 7.94. The maximum atomic E-state index is 12.9. The van der Waals surface area contributed by atoms with E-state index >= 15 is 0 Å². The van der Waals surface area contributed by atoms with Crippen LogP contribution >= 0.6 is 0 Å². The van der Waals surface area contributed by atoms with Crippen LogP contribution in [0.5, 0.6) is 5.88 Å². The Bertz CT molecular complexity index is 1780. The molecule has 2 heterocycles. The number of rotatable bonds is 6. The molecule has 1 N–H and O–H groups in total. The molecule has 0 aliphatic heterocycles. The lowest BCUT2D eigenvalue weighted by atomic mass is 10.0. The number of nitrogens with zero attached hydrogens (tertiary/aromatic N) is 3. The van der Waals surface area contributed by atoms with Crippen molar-refractivity contribution in [3.63, 3.8) is 0 Å². The smallest absolute Gasteiger partial charge is 0.349 e. The van der Waals surface area contributed by atoms with Gasteiger partial charge in [0.05, 0.1) is 12.0 Å². The van der Waals surface area contributed by atoms with Crippen molar-refractivity contribution in [2.45, 2.75) is 4.90 Å². The highest BCUT2D eigenvalue weighted by Gasteiger charge is 2.17. The minimum Gasteiger partial charge on any atom is -0.481 e. The summed E-state index contributed by atoms with van der Waals surface area (Å²) >= 11 is 0. The Labute approximate surface area is 204 Å². The number of aromatic nitrogens is 2. The third kappa shape index (κ3) is 4.34. The van der Waals surface area contributed by atoms with E-state index in [0.29, 0.717) is 11.0 Å². The van der Waals surface area contributed by atoms with Crippen LogP contribution < -0.4 is 15.7 Å². The number of sulfonamides is 1. The van der Waals surface area contributed by atoms with Gasteiger partial charge in [-0.15, -0.1) is 0 Å². The second-order valence-corrected chi connectivity index (χ2v) is 9.18. The first-order chi connectivity index (χ1) is 17.4. The fourth-order valence-corrected chi connectivity index (χ4v) is 4.57. The van der Waals surface area contributed by atoms with E-state index in [4.69, 9.17) is 9.15 Å². The molecule has 5 aromatic rings. The van der Waals surface area contributed by atoms with Crippen LogP contribution in [0.4, 0.5) is 11.5 Å². The monoisotopic (exact) mass is 501 g/mol. The topological polar surface area (TPSA) is 143 Å². The number of methoxy groups -OCH3 is 1. The lowest BCUT2D eigenvalue weighted by Crippen LogP contribution is -2.20. The standard InChI is InChI=1S/C25H18N4O6S/c1-34-24-22(26-12-13-27-24)29-36(32,33)17-9-7-16(8-10-17)28-23(30)20-14-19-18-5-3-2-4-15(18)6-11-21(19)35-25(20)31/h2-14H,1H3,(H2,26,28,29,30)/p-1. The molecule has 0 spiro atoms. The van der Waals surface area contributed by atoms with Crippen molar-refractivity contribution in [1.82, 2.24) is 9.97 Å². The molecule has 2 aromatic heterocycles. The number of fused-ring (bicyclic) bond motifs is 3. The van der Waals surface area contributed by atoms with Crippen LogP contribution in [0.1, 0.15) is 10.4 Å². The number of carbonyl (C=O) groups is 1. The molecule has 0 atom stereocenters. The summed E-state index contributed by atoms with van der Waals surface area (Å²) in [6.07, 6.45) is 2.64. The van der Waals surface area contributed by atoms with Gasteiger partial charge in [0.1, 0.15) is 11.1 Å². The van der Waals surface area contributed by atoms with E-state index in [1.807, 2.05) is 30.3 Å². The molecule has 0 radical (unpaired) electrons. The van der Waals surface area contributed by atoms with Crippen molar-refractivity contribution in [2.24, 2.45) is 0 Å². The Morgan fingerprint density at radius 1 is 0.972 bits per heavy atom. The Kier molecular flexibility index (Phi) is 5.82. The van der Waals surface area contributed by atoms with Gasteiger partial charge in [0, 0.05) is 23.1 Å². The fourth-order valence-electron chi connectivity index (χ4n) is 3.63. The lowest BCUT2D eigenvalue weighted by molar-refractivity contribution is 0.102. The number of amides is 1. The Balaban J connectivity index is 1.39. The molecule has 3 aromatic carbocycles. The van der Waals surface area contributed by atoms with Crippen molar-refractivity contribution in [1.29, 1.82) is 0 Å². The van der Waals surface area contributed by atoms with Gasteiger partial charge in [0.15, 0.2) is 0 Å². The van der Waals surface area contributed by atoms with Crippen LogP contribution in [0.25, 0.3) is 26.5 Å². The van der Waals surface area contributed by atoms with Gasteiger partial charge in [-0.05, 0) is 47.2 Å². The van der Waals surface area contributed by atoms with Gasteiger partial charge in [0.25, 0.3) is 5.91 Å². The molecule has 0 saturated carbocycles. The van der Waals surface area contributed by atoms with Crippen molar-refractivity contribution in [2.75, 3.05) is 12.4 Å². The number of benzene rings is 3. The van der Waals surface area contributed by atoms with Crippen LogP contribution in [0, 0.1) is 0 Å². The third-order valence-electron chi connectivity index (χ3n) is 5.34. The second-order valence-electron chi connectivity index (χ2n) is 7.58. The summed E-state index contributed by atoms with van der Waals surface area (Å²) in [5, 5.41) is 4.99. The zero-order valence-electron chi connectivity index (χ0n) is 18.7. The normalized spacial score (nSPS) is 11.4. The maximum Gasteiger partial charge on any atom is 0.349 e. The molecule has 0 bridgehead atoms. The van der Waals surface area contributed by atoms with Crippen molar-refractivity contribution >= 4 is 49.2 Å². The number of nitrogens with one attached hydrogen (secondary N) is 1. The summed E-state index contributed by atoms with van der Waals surface area (Å²) in [4.78, 5) is 32.9. The van der Waals surface area contributed by atoms with E-state index in [1.54, 1.807) is 6.07 Å².